The van der Waals surface area contributed by atoms with Crippen LogP contribution >= 0.6 is 0 Å². The lowest BCUT2D eigenvalue weighted by atomic mass is 10.2. The number of benzene rings is 2. The second kappa shape index (κ2) is 9.09. The van der Waals surface area contributed by atoms with E-state index in [0.717, 1.165) is 37.7 Å². The van der Waals surface area contributed by atoms with Crippen molar-refractivity contribution in [3.05, 3.63) is 54.6 Å². The molecule has 0 aliphatic heterocycles. The molecule has 23 heavy (non-hydrogen) atoms. The molecular weight excluding hydrogens is 284 g/mol. The fourth-order valence-corrected chi connectivity index (χ4v) is 2.40. The Kier molecular flexibility index (Phi) is 6.79. The Morgan fingerprint density at radius 1 is 1.04 bits per heavy atom. The summed E-state index contributed by atoms with van der Waals surface area (Å²) in [7, 11) is 0. The largest absolute Gasteiger partial charge is 0.493 e. The van der Waals surface area contributed by atoms with Crippen LogP contribution in [0.15, 0.2) is 54.6 Å². The van der Waals surface area contributed by atoms with Crippen LogP contribution in [0.4, 0.5) is 11.4 Å². The lowest BCUT2D eigenvalue weighted by molar-refractivity contribution is 0.271. The number of hydrogen-bond acceptors (Lipinski definition) is 3. The van der Waals surface area contributed by atoms with E-state index in [1.165, 1.54) is 5.69 Å². The fourth-order valence-electron chi connectivity index (χ4n) is 2.40. The molecule has 2 aromatic carbocycles. The number of ether oxygens (including phenoxy) is 1. The standard InChI is InChI=1S/C20H28N2O/c1-4-22(19-10-6-5-7-11-19)14-13-21-18-9-8-12-20(15-18)23-16-17(2)3/h5-12,15,17,21H,4,13-14,16H2,1-3H3. The van der Waals surface area contributed by atoms with Gasteiger partial charge in [-0.05, 0) is 37.1 Å². The first kappa shape index (κ1) is 17.2. The molecule has 3 heteroatoms. The highest BCUT2D eigenvalue weighted by Crippen LogP contribution is 2.18. The summed E-state index contributed by atoms with van der Waals surface area (Å²) in [6, 6.07) is 18.7. The quantitative estimate of drug-likeness (QED) is 0.729. The molecule has 0 amide bonds. The summed E-state index contributed by atoms with van der Waals surface area (Å²) in [5, 5.41) is 3.49. The summed E-state index contributed by atoms with van der Waals surface area (Å²) >= 11 is 0. The summed E-state index contributed by atoms with van der Waals surface area (Å²) < 4.78 is 5.78. The van der Waals surface area contributed by atoms with E-state index in [9.17, 15) is 0 Å². The predicted molar refractivity (Wildman–Crippen MR) is 99.6 cm³/mol. The molecule has 2 rings (SSSR count). The van der Waals surface area contributed by atoms with Crippen molar-refractivity contribution >= 4 is 11.4 Å². The smallest absolute Gasteiger partial charge is 0.121 e. The van der Waals surface area contributed by atoms with Crippen molar-refractivity contribution < 1.29 is 4.74 Å². The van der Waals surface area contributed by atoms with Crippen LogP contribution < -0.4 is 15.0 Å². The van der Waals surface area contributed by atoms with Crippen molar-refractivity contribution in [2.45, 2.75) is 20.8 Å². The van der Waals surface area contributed by atoms with E-state index < -0.39 is 0 Å². The first-order valence-electron chi connectivity index (χ1n) is 8.45. The number of likely N-dealkylation sites (N-methyl/N-ethyl adjacent to an activating group) is 1. The average Bonchev–Trinajstić information content (AvgIpc) is 2.58. The van der Waals surface area contributed by atoms with Crippen LogP contribution in [0.2, 0.25) is 0 Å². The zero-order chi connectivity index (χ0) is 16.5. The maximum Gasteiger partial charge on any atom is 0.121 e. The molecule has 124 valence electrons. The molecule has 3 nitrogen and oxygen atoms in total. The first-order chi connectivity index (χ1) is 11.2. The first-order valence-corrected chi connectivity index (χ1v) is 8.45. The number of para-hydroxylation sites is 1. The molecule has 0 aliphatic rings. The van der Waals surface area contributed by atoms with Crippen molar-refractivity contribution in [3.8, 4) is 5.75 Å². The Labute approximate surface area is 140 Å². The van der Waals surface area contributed by atoms with E-state index >= 15 is 0 Å². The van der Waals surface area contributed by atoms with Crippen molar-refractivity contribution in [2.75, 3.05) is 36.5 Å². The van der Waals surface area contributed by atoms with E-state index in [-0.39, 0.29) is 0 Å². The Morgan fingerprint density at radius 3 is 2.52 bits per heavy atom. The Balaban J connectivity index is 1.84. The van der Waals surface area contributed by atoms with Gasteiger partial charge in [-0.3, -0.25) is 0 Å². The van der Waals surface area contributed by atoms with Crippen LogP contribution in [0.3, 0.4) is 0 Å². The van der Waals surface area contributed by atoms with Gasteiger partial charge in [0.1, 0.15) is 5.75 Å². The molecule has 1 N–H and O–H groups in total. The van der Waals surface area contributed by atoms with Gasteiger partial charge in [-0.2, -0.15) is 0 Å². The molecule has 0 saturated carbocycles. The molecule has 2 aromatic rings. The zero-order valence-corrected chi connectivity index (χ0v) is 14.5. The molecule has 0 saturated heterocycles. The highest BCUT2D eigenvalue weighted by molar-refractivity contribution is 5.49. The van der Waals surface area contributed by atoms with Gasteiger partial charge in [-0.25, -0.2) is 0 Å². The number of anilines is 2. The Hall–Kier alpha value is -2.16. The molecule has 0 fully saturated rings. The van der Waals surface area contributed by atoms with Crippen LogP contribution in [0.5, 0.6) is 5.75 Å². The third kappa shape index (κ3) is 5.85. The number of rotatable bonds is 9. The SMILES string of the molecule is CCN(CCNc1cccc(OCC(C)C)c1)c1ccccc1. The predicted octanol–water partition coefficient (Wildman–Crippen LogP) is 4.66. The zero-order valence-electron chi connectivity index (χ0n) is 14.5. The van der Waals surface area contributed by atoms with E-state index in [1.807, 2.05) is 12.1 Å². The Morgan fingerprint density at radius 2 is 1.83 bits per heavy atom. The van der Waals surface area contributed by atoms with Crippen molar-refractivity contribution in [1.82, 2.24) is 0 Å². The van der Waals surface area contributed by atoms with Gasteiger partial charge >= 0.3 is 0 Å². The Bertz CT molecular complexity index is 569. The minimum Gasteiger partial charge on any atom is -0.493 e. The van der Waals surface area contributed by atoms with Gasteiger partial charge in [0.15, 0.2) is 0 Å². The maximum absolute atomic E-state index is 5.78. The van der Waals surface area contributed by atoms with E-state index in [0.29, 0.717) is 5.92 Å². The lowest BCUT2D eigenvalue weighted by Crippen LogP contribution is -2.28. The van der Waals surface area contributed by atoms with Gasteiger partial charge in [0, 0.05) is 37.1 Å². The summed E-state index contributed by atoms with van der Waals surface area (Å²) in [6.07, 6.45) is 0. The summed E-state index contributed by atoms with van der Waals surface area (Å²) in [4.78, 5) is 2.37. The van der Waals surface area contributed by atoms with Gasteiger partial charge in [-0.15, -0.1) is 0 Å². The van der Waals surface area contributed by atoms with Crippen LogP contribution in [0.25, 0.3) is 0 Å². The minimum atomic E-state index is 0.538. The van der Waals surface area contributed by atoms with Crippen LogP contribution in [-0.2, 0) is 0 Å². The van der Waals surface area contributed by atoms with E-state index in [4.69, 9.17) is 4.74 Å². The van der Waals surface area contributed by atoms with Gasteiger partial charge in [0.2, 0.25) is 0 Å². The molecule has 0 aliphatic carbocycles. The van der Waals surface area contributed by atoms with E-state index in [1.54, 1.807) is 0 Å². The molecule has 0 aromatic heterocycles. The molecule has 0 spiro atoms. The van der Waals surface area contributed by atoms with Crippen molar-refractivity contribution in [3.63, 3.8) is 0 Å². The average molecular weight is 312 g/mol. The topological polar surface area (TPSA) is 24.5 Å². The molecule has 0 heterocycles. The normalized spacial score (nSPS) is 10.6. The second-order valence-electron chi connectivity index (χ2n) is 6.07. The fraction of sp³-hybridized carbons (Fsp3) is 0.400. The van der Waals surface area contributed by atoms with Crippen LogP contribution in [-0.4, -0.2) is 26.2 Å². The van der Waals surface area contributed by atoms with Crippen LogP contribution in [0.1, 0.15) is 20.8 Å². The van der Waals surface area contributed by atoms with Gasteiger partial charge < -0.3 is 15.0 Å². The van der Waals surface area contributed by atoms with Crippen molar-refractivity contribution in [1.29, 1.82) is 0 Å². The van der Waals surface area contributed by atoms with Crippen molar-refractivity contribution in [2.24, 2.45) is 5.92 Å². The van der Waals surface area contributed by atoms with Gasteiger partial charge in [0.25, 0.3) is 0 Å². The lowest BCUT2D eigenvalue weighted by Gasteiger charge is -2.23. The monoisotopic (exact) mass is 312 g/mol. The molecule has 0 radical (unpaired) electrons. The van der Waals surface area contributed by atoms with Gasteiger partial charge in [-0.1, -0.05) is 38.1 Å². The molecule has 0 atom stereocenters. The summed E-state index contributed by atoms with van der Waals surface area (Å²) in [5.41, 5.74) is 2.38. The molecule has 0 unspecified atom stereocenters. The molecular formula is C20H28N2O. The third-order valence-electron chi connectivity index (χ3n) is 3.63. The highest BCUT2D eigenvalue weighted by Gasteiger charge is 2.03. The summed E-state index contributed by atoms with van der Waals surface area (Å²) in [5.74, 6) is 1.47. The maximum atomic E-state index is 5.78. The highest BCUT2D eigenvalue weighted by atomic mass is 16.5. The summed E-state index contributed by atoms with van der Waals surface area (Å²) in [6.45, 7) is 10.1. The van der Waals surface area contributed by atoms with Crippen LogP contribution in [0, 0.1) is 5.92 Å². The number of hydrogen-bond donors (Lipinski definition) is 1. The number of nitrogens with zero attached hydrogens (tertiary/aromatic N) is 1. The number of nitrogens with one attached hydrogen (secondary N) is 1. The molecule has 0 bridgehead atoms. The second-order valence-corrected chi connectivity index (χ2v) is 6.07. The third-order valence-corrected chi connectivity index (χ3v) is 3.63. The van der Waals surface area contributed by atoms with E-state index in [2.05, 4.69) is 73.5 Å². The minimum absolute atomic E-state index is 0.538. The van der Waals surface area contributed by atoms with Gasteiger partial charge in [0.05, 0.1) is 6.61 Å².